The fourth-order valence-electron chi connectivity index (χ4n) is 1.40. The first-order valence-electron chi connectivity index (χ1n) is 4.53. The molecule has 0 saturated carbocycles. The Hall–Kier alpha value is 1.19. The molecule has 1 unspecified atom stereocenters. The van der Waals surface area contributed by atoms with Crippen molar-refractivity contribution in [2.75, 3.05) is 0 Å². The molecule has 0 aliphatic rings. The van der Waals surface area contributed by atoms with Crippen molar-refractivity contribution in [2.45, 2.75) is 4.83 Å². The summed E-state index contributed by atoms with van der Waals surface area (Å²) in [7, 11) is 0. The molecule has 17 heavy (non-hydrogen) atoms. The highest BCUT2D eigenvalue weighted by molar-refractivity contribution is 14.1. The van der Waals surface area contributed by atoms with Crippen molar-refractivity contribution < 1.29 is 0 Å². The zero-order valence-corrected chi connectivity index (χ0v) is 15.8. The van der Waals surface area contributed by atoms with E-state index in [1.807, 2.05) is 12.1 Å². The smallest absolute Gasteiger partial charge is 0.0990 e. The molecule has 2 rings (SSSR count). The first-order valence-corrected chi connectivity index (χ1v) is 8.88. The third-order valence-corrected chi connectivity index (χ3v) is 6.08. The van der Waals surface area contributed by atoms with E-state index < -0.39 is 0 Å². The van der Waals surface area contributed by atoms with Crippen molar-refractivity contribution in [3.8, 4) is 0 Å². The molecule has 6 heteroatoms. The van der Waals surface area contributed by atoms with Gasteiger partial charge in [-0.2, -0.15) is 0 Å². The molecular formula is C11H5Br2Cl2IS. The molecule has 0 fully saturated rings. The first-order chi connectivity index (χ1) is 7.99. The van der Waals surface area contributed by atoms with Crippen molar-refractivity contribution >= 4 is 89.0 Å². The van der Waals surface area contributed by atoms with Gasteiger partial charge in [0.2, 0.25) is 0 Å². The number of halogens is 5. The lowest BCUT2D eigenvalue weighted by molar-refractivity contribution is 1.17. The van der Waals surface area contributed by atoms with Gasteiger partial charge in [-0.15, -0.1) is 11.3 Å². The number of alkyl halides is 1. The molecule has 1 aromatic carbocycles. The van der Waals surface area contributed by atoms with Gasteiger partial charge in [0.15, 0.2) is 0 Å². The van der Waals surface area contributed by atoms with E-state index in [-0.39, 0.29) is 4.83 Å². The summed E-state index contributed by atoms with van der Waals surface area (Å²) in [6.07, 6.45) is 0. The van der Waals surface area contributed by atoms with Crippen LogP contribution in [0.1, 0.15) is 16.0 Å². The van der Waals surface area contributed by atoms with Crippen molar-refractivity contribution in [3.63, 3.8) is 0 Å². The lowest BCUT2D eigenvalue weighted by Gasteiger charge is -2.12. The van der Waals surface area contributed by atoms with Gasteiger partial charge in [0, 0.05) is 13.6 Å². The van der Waals surface area contributed by atoms with Crippen LogP contribution >= 0.6 is 89.0 Å². The van der Waals surface area contributed by atoms with Crippen LogP contribution in [0.4, 0.5) is 0 Å². The highest BCUT2D eigenvalue weighted by Gasteiger charge is 2.19. The van der Waals surface area contributed by atoms with E-state index in [1.165, 1.54) is 14.9 Å². The maximum atomic E-state index is 6.17. The molecule has 2 aromatic rings. The van der Waals surface area contributed by atoms with E-state index in [4.69, 9.17) is 23.2 Å². The summed E-state index contributed by atoms with van der Waals surface area (Å²) in [5, 5.41) is 0. The maximum absolute atomic E-state index is 6.17. The van der Waals surface area contributed by atoms with Crippen molar-refractivity contribution in [1.29, 1.82) is 0 Å². The Bertz CT molecular complexity index is 556. The van der Waals surface area contributed by atoms with Gasteiger partial charge in [-0.05, 0) is 52.4 Å². The second-order valence-electron chi connectivity index (χ2n) is 3.31. The van der Waals surface area contributed by atoms with Gasteiger partial charge in [0.1, 0.15) is 0 Å². The van der Waals surface area contributed by atoms with E-state index in [0.717, 1.165) is 19.9 Å². The average molecular weight is 527 g/mol. The van der Waals surface area contributed by atoms with Crippen molar-refractivity contribution in [3.05, 3.63) is 52.1 Å². The van der Waals surface area contributed by atoms with Crippen LogP contribution in [0.15, 0.2) is 28.7 Å². The Balaban J connectivity index is 2.46. The molecule has 0 bridgehead atoms. The first kappa shape index (κ1) is 14.6. The van der Waals surface area contributed by atoms with Gasteiger partial charge in [0.05, 0.1) is 13.5 Å². The fourth-order valence-corrected chi connectivity index (χ4v) is 5.26. The highest BCUT2D eigenvalue weighted by Crippen LogP contribution is 2.43. The predicted octanol–water partition coefficient (Wildman–Crippen LogP) is 6.91. The van der Waals surface area contributed by atoms with Crippen LogP contribution in [0.5, 0.6) is 0 Å². The van der Waals surface area contributed by atoms with Crippen LogP contribution in [0.2, 0.25) is 8.67 Å². The zero-order valence-electron chi connectivity index (χ0n) is 8.18. The van der Waals surface area contributed by atoms with Crippen LogP contribution in [0.25, 0.3) is 0 Å². The van der Waals surface area contributed by atoms with Crippen LogP contribution < -0.4 is 0 Å². The van der Waals surface area contributed by atoms with E-state index in [2.05, 4.69) is 66.6 Å². The molecule has 1 aromatic heterocycles. The summed E-state index contributed by atoms with van der Waals surface area (Å²) >= 11 is 23.0. The van der Waals surface area contributed by atoms with Crippen LogP contribution in [0.3, 0.4) is 0 Å². The largest absolute Gasteiger partial charge is 0.111 e. The maximum Gasteiger partial charge on any atom is 0.0990 e. The Morgan fingerprint density at radius 1 is 1.18 bits per heavy atom. The van der Waals surface area contributed by atoms with E-state index in [1.54, 1.807) is 0 Å². The fraction of sp³-hybridized carbons (Fsp3) is 0.0909. The Kier molecular flexibility index (Phi) is 5.23. The second kappa shape index (κ2) is 6.09. The molecule has 0 aliphatic carbocycles. The molecule has 0 N–H and O–H groups in total. The van der Waals surface area contributed by atoms with Crippen molar-refractivity contribution in [2.24, 2.45) is 0 Å². The van der Waals surface area contributed by atoms with Gasteiger partial charge in [0.25, 0.3) is 0 Å². The number of hydrogen-bond acceptors (Lipinski definition) is 1. The Morgan fingerprint density at radius 3 is 2.47 bits per heavy atom. The zero-order chi connectivity index (χ0) is 12.6. The van der Waals surface area contributed by atoms with E-state index in [0.29, 0.717) is 4.34 Å². The van der Waals surface area contributed by atoms with Gasteiger partial charge < -0.3 is 0 Å². The van der Waals surface area contributed by atoms with Crippen LogP contribution in [-0.2, 0) is 0 Å². The van der Waals surface area contributed by atoms with Gasteiger partial charge in [-0.3, -0.25) is 0 Å². The van der Waals surface area contributed by atoms with Crippen LogP contribution in [-0.4, -0.2) is 0 Å². The summed E-state index contributed by atoms with van der Waals surface area (Å²) in [5.41, 5.74) is 2.15. The average Bonchev–Trinajstić information content (AvgIpc) is 2.60. The van der Waals surface area contributed by atoms with E-state index >= 15 is 0 Å². The standard InChI is InChI=1S/C11H5Br2Cl2IS/c12-8-2-1-5(16)3-6(8)10(13)7-4-9(14)17-11(7)15/h1-4,10H. The monoisotopic (exact) mass is 524 g/mol. The minimum absolute atomic E-state index is 0.0443. The predicted molar refractivity (Wildman–Crippen MR) is 92.0 cm³/mol. The molecule has 0 aliphatic heterocycles. The van der Waals surface area contributed by atoms with Gasteiger partial charge >= 0.3 is 0 Å². The second-order valence-corrected chi connectivity index (χ2v) is 8.61. The van der Waals surface area contributed by atoms with Gasteiger partial charge in [-0.1, -0.05) is 55.1 Å². The number of rotatable bonds is 2. The van der Waals surface area contributed by atoms with Crippen molar-refractivity contribution in [1.82, 2.24) is 0 Å². The van der Waals surface area contributed by atoms with Gasteiger partial charge in [-0.25, -0.2) is 0 Å². The molecule has 90 valence electrons. The lowest BCUT2D eigenvalue weighted by Crippen LogP contribution is -1.93. The third kappa shape index (κ3) is 3.39. The summed E-state index contributed by atoms with van der Waals surface area (Å²) in [5.74, 6) is 0. The molecule has 0 nitrogen and oxygen atoms in total. The Labute approximate surface area is 144 Å². The summed E-state index contributed by atoms with van der Waals surface area (Å²) in [6, 6.07) is 8.11. The molecular weight excluding hydrogens is 522 g/mol. The quantitative estimate of drug-likeness (QED) is 0.295. The molecule has 1 heterocycles. The number of thiophene rings is 1. The van der Waals surface area contributed by atoms with Crippen LogP contribution in [0, 0.1) is 3.57 Å². The van der Waals surface area contributed by atoms with E-state index in [9.17, 15) is 0 Å². The normalized spacial score (nSPS) is 12.8. The number of hydrogen-bond donors (Lipinski definition) is 0. The third-order valence-electron chi connectivity index (χ3n) is 2.19. The lowest BCUT2D eigenvalue weighted by atomic mass is 10.1. The minimum atomic E-state index is 0.0443. The summed E-state index contributed by atoms with van der Waals surface area (Å²) in [4.78, 5) is 0.0443. The molecule has 1 atom stereocenters. The summed E-state index contributed by atoms with van der Waals surface area (Å²) < 4.78 is 3.67. The molecule has 0 spiro atoms. The summed E-state index contributed by atoms with van der Waals surface area (Å²) in [6.45, 7) is 0. The molecule has 0 amide bonds. The minimum Gasteiger partial charge on any atom is -0.111 e. The molecule has 0 radical (unpaired) electrons. The number of benzene rings is 1. The molecule has 0 saturated heterocycles. The topological polar surface area (TPSA) is 0 Å². The SMILES string of the molecule is Clc1cc(C(Br)c2cc(I)ccc2Br)c(Cl)s1. The Morgan fingerprint density at radius 2 is 1.88 bits per heavy atom. The highest BCUT2D eigenvalue weighted by atomic mass is 127.